The number of carbonyl (C=O) groups is 1. The molecule has 0 spiro atoms. The highest BCUT2D eigenvalue weighted by Crippen LogP contribution is 2.14. The van der Waals surface area contributed by atoms with E-state index in [4.69, 9.17) is 4.99 Å². The van der Waals surface area contributed by atoms with Gasteiger partial charge in [0.15, 0.2) is 5.96 Å². The van der Waals surface area contributed by atoms with E-state index in [2.05, 4.69) is 36.7 Å². The van der Waals surface area contributed by atoms with Gasteiger partial charge in [0.1, 0.15) is 0 Å². The Balaban J connectivity index is 0.00000420. The molecule has 0 bridgehead atoms. The maximum absolute atomic E-state index is 12.3. The summed E-state index contributed by atoms with van der Waals surface area (Å²) >= 11 is 0. The first-order valence-electron chi connectivity index (χ1n) is 10.8. The molecule has 2 amide bonds. The number of anilines is 1. The van der Waals surface area contributed by atoms with Gasteiger partial charge in [0.2, 0.25) is 0 Å². The van der Waals surface area contributed by atoms with Gasteiger partial charge in [-0.2, -0.15) is 0 Å². The van der Waals surface area contributed by atoms with E-state index >= 15 is 0 Å². The maximum atomic E-state index is 12.3. The van der Waals surface area contributed by atoms with Gasteiger partial charge in [-0.05, 0) is 50.8 Å². The van der Waals surface area contributed by atoms with Crippen LogP contribution in [-0.2, 0) is 6.54 Å². The van der Waals surface area contributed by atoms with E-state index in [-0.39, 0.29) is 30.0 Å². The lowest BCUT2D eigenvalue weighted by atomic mass is 10.1. The topological polar surface area (TPSA) is 68.8 Å². The quantitative estimate of drug-likeness (QED) is 0.189. The van der Waals surface area contributed by atoms with Crippen molar-refractivity contribution in [1.82, 2.24) is 15.5 Å². The summed E-state index contributed by atoms with van der Waals surface area (Å²) in [5.74, 6) is 0.845. The van der Waals surface area contributed by atoms with Gasteiger partial charge in [-0.25, -0.2) is 9.79 Å². The monoisotopic (exact) mass is 515 g/mol. The number of guanidine groups is 1. The third-order valence-electron chi connectivity index (χ3n) is 4.96. The highest BCUT2D eigenvalue weighted by Gasteiger charge is 2.17. The number of rotatable bonds is 9. The van der Waals surface area contributed by atoms with Crippen LogP contribution in [0.25, 0.3) is 0 Å². The van der Waals surface area contributed by atoms with Crippen LogP contribution in [0, 0.1) is 0 Å². The largest absolute Gasteiger partial charge is 0.357 e. The van der Waals surface area contributed by atoms with Gasteiger partial charge in [0.25, 0.3) is 0 Å². The van der Waals surface area contributed by atoms with E-state index in [0.29, 0.717) is 12.6 Å². The van der Waals surface area contributed by atoms with Crippen molar-refractivity contribution >= 4 is 41.7 Å². The Hall–Kier alpha value is -1.51. The number of nitrogens with one attached hydrogen (secondary N) is 3. The third kappa shape index (κ3) is 9.69. The van der Waals surface area contributed by atoms with Gasteiger partial charge in [0, 0.05) is 31.4 Å². The number of hydrogen-bond donors (Lipinski definition) is 3. The lowest BCUT2D eigenvalue weighted by Crippen LogP contribution is -2.42. The van der Waals surface area contributed by atoms with Crippen molar-refractivity contribution in [2.75, 3.05) is 25.0 Å². The zero-order chi connectivity index (χ0) is 20.2. The van der Waals surface area contributed by atoms with E-state index in [1.165, 1.54) is 19.3 Å². The van der Waals surface area contributed by atoms with Crippen LogP contribution in [0.5, 0.6) is 0 Å². The van der Waals surface area contributed by atoms with E-state index in [0.717, 1.165) is 56.1 Å². The Morgan fingerprint density at radius 3 is 2.66 bits per heavy atom. The third-order valence-corrected chi connectivity index (χ3v) is 4.96. The molecule has 1 heterocycles. The molecule has 0 aromatic heterocycles. The van der Waals surface area contributed by atoms with Crippen molar-refractivity contribution < 1.29 is 4.79 Å². The molecule has 1 aromatic carbocycles. The molecule has 2 rings (SSSR count). The molecule has 1 aromatic rings. The molecule has 1 unspecified atom stereocenters. The summed E-state index contributed by atoms with van der Waals surface area (Å²) < 4.78 is 0. The van der Waals surface area contributed by atoms with Gasteiger partial charge in [0.05, 0.1) is 6.54 Å². The SMILES string of the molecule is CCCCCC(C)NC(=NCc1cccc(NC(=O)N2CCCC2)c1)NCC.I. The van der Waals surface area contributed by atoms with Crippen LogP contribution < -0.4 is 16.0 Å². The smallest absolute Gasteiger partial charge is 0.321 e. The molecular weight excluding hydrogens is 477 g/mol. The Labute approximate surface area is 193 Å². The molecule has 1 aliphatic heterocycles. The van der Waals surface area contributed by atoms with Crippen LogP contribution in [-0.4, -0.2) is 42.6 Å². The van der Waals surface area contributed by atoms with Gasteiger partial charge in [-0.15, -0.1) is 24.0 Å². The van der Waals surface area contributed by atoms with Crippen LogP contribution in [0.4, 0.5) is 10.5 Å². The van der Waals surface area contributed by atoms with Crippen LogP contribution in [0.1, 0.15) is 64.9 Å². The molecule has 6 nitrogen and oxygen atoms in total. The Morgan fingerprint density at radius 2 is 1.97 bits per heavy atom. The van der Waals surface area contributed by atoms with Crippen LogP contribution in [0.15, 0.2) is 29.3 Å². The number of benzene rings is 1. The normalized spacial score (nSPS) is 14.9. The molecule has 1 atom stereocenters. The number of halogens is 1. The van der Waals surface area contributed by atoms with E-state index in [1.807, 2.05) is 29.2 Å². The van der Waals surface area contributed by atoms with Crippen molar-refractivity contribution in [3.8, 4) is 0 Å². The maximum Gasteiger partial charge on any atom is 0.321 e. The van der Waals surface area contributed by atoms with Crippen LogP contribution in [0.3, 0.4) is 0 Å². The lowest BCUT2D eigenvalue weighted by molar-refractivity contribution is 0.222. The van der Waals surface area contributed by atoms with E-state index < -0.39 is 0 Å². The van der Waals surface area contributed by atoms with Crippen LogP contribution in [0.2, 0.25) is 0 Å². The standard InChI is InChI=1S/C22H37N5O.HI/c1-4-6-7-11-18(3)25-21(23-5-2)24-17-19-12-10-13-20(16-19)26-22(28)27-14-8-9-15-27;/h10,12-13,16,18H,4-9,11,14-15,17H2,1-3H3,(H,26,28)(H2,23,24,25);1H. The number of unbranched alkanes of at least 4 members (excludes halogenated alkanes) is 2. The minimum Gasteiger partial charge on any atom is -0.357 e. The summed E-state index contributed by atoms with van der Waals surface area (Å²) in [5.41, 5.74) is 1.91. The summed E-state index contributed by atoms with van der Waals surface area (Å²) in [5, 5.41) is 9.82. The van der Waals surface area contributed by atoms with Gasteiger partial charge >= 0.3 is 6.03 Å². The van der Waals surface area contributed by atoms with Gasteiger partial charge < -0.3 is 20.9 Å². The molecule has 0 aliphatic carbocycles. The van der Waals surface area contributed by atoms with Gasteiger partial charge in [-0.3, -0.25) is 0 Å². The number of urea groups is 1. The summed E-state index contributed by atoms with van der Waals surface area (Å²) in [7, 11) is 0. The molecule has 7 heteroatoms. The first kappa shape index (κ1) is 25.5. The highest BCUT2D eigenvalue weighted by molar-refractivity contribution is 14.0. The number of amides is 2. The fraction of sp³-hybridized carbons (Fsp3) is 0.636. The Kier molecular flexibility index (Phi) is 12.7. The lowest BCUT2D eigenvalue weighted by Gasteiger charge is -2.18. The summed E-state index contributed by atoms with van der Waals surface area (Å²) in [6, 6.07) is 8.35. The molecular formula is C22H38IN5O. The molecule has 1 saturated heterocycles. The summed E-state index contributed by atoms with van der Waals surface area (Å²) in [6.07, 6.45) is 7.10. The average molecular weight is 515 g/mol. The van der Waals surface area contributed by atoms with Crippen molar-refractivity contribution in [2.45, 2.75) is 71.9 Å². The number of likely N-dealkylation sites (tertiary alicyclic amines) is 1. The average Bonchev–Trinajstić information content (AvgIpc) is 3.22. The predicted octanol–water partition coefficient (Wildman–Crippen LogP) is 4.96. The fourth-order valence-electron chi connectivity index (χ4n) is 3.37. The highest BCUT2D eigenvalue weighted by atomic mass is 127. The molecule has 164 valence electrons. The second-order valence-corrected chi connectivity index (χ2v) is 7.56. The number of carbonyl (C=O) groups excluding carboxylic acids is 1. The molecule has 1 fully saturated rings. The second kappa shape index (κ2) is 14.5. The zero-order valence-corrected chi connectivity index (χ0v) is 20.5. The molecule has 0 radical (unpaired) electrons. The molecule has 0 saturated carbocycles. The minimum atomic E-state index is -0.00550. The van der Waals surface area contributed by atoms with Crippen molar-refractivity contribution in [3.05, 3.63) is 29.8 Å². The zero-order valence-electron chi connectivity index (χ0n) is 18.2. The molecule has 3 N–H and O–H groups in total. The first-order chi connectivity index (χ1) is 13.6. The second-order valence-electron chi connectivity index (χ2n) is 7.56. The predicted molar refractivity (Wildman–Crippen MR) is 133 cm³/mol. The summed E-state index contributed by atoms with van der Waals surface area (Å²) in [6.45, 7) is 9.62. The van der Waals surface area contributed by atoms with Crippen LogP contribution >= 0.6 is 24.0 Å². The van der Waals surface area contributed by atoms with Gasteiger partial charge in [-0.1, -0.05) is 38.3 Å². The number of nitrogens with zero attached hydrogens (tertiary/aromatic N) is 2. The molecule has 29 heavy (non-hydrogen) atoms. The number of aliphatic imine (C=N–C) groups is 1. The van der Waals surface area contributed by atoms with Crippen molar-refractivity contribution in [1.29, 1.82) is 0 Å². The Morgan fingerprint density at radius 1 is 1.21 bits per heavy atom. The minimum absolute atomic E-state index is 0. The van der Waals surface area contributed by atoms with E-state index in [9.17, 15) is 4.79 Å². The Bertz CT molecular complexity index is 631. The van der Waals surface area contributed by atoms with E-state index in [1.54, 1.807) is 0 Å². The molecule has 1 aliphatic rings. The number of hydrogen-bond acceptors (Lipinski definition) is 2. The van der Waals surface area contributed by atoms with Crippen molar-refractivity contribution in [2.24, 2.45) is 4.99 Å². The summed E-state index contributed by atoms with van der Waals surface area (Å²) in [4.78, 5) is 18.9. The first-order valence-corrected chi connectivity index (χ1v) is 10.8. The van der Waals surface area contributed by atoms with Crippen molar-refractivity contribution in [3.63, 3.8) is 0 Å². The fourth-order valence-corrected chi connectivity index (χ4v) is 3.37.